The van der Waals surface area contributed by atoms with Crippen molar-refractivity contribution in [2.45, 2.75) is 64.2 Å². The Labute approximate surface area is 186 Å². The lowest BCUT2D eigenvalue weighted by Gasteiger charge is -2.53. The maximum absolute atomic E-state index is 13.1. The van der Waals surface area contributed by atoms with Gasteiger partial charge in [0.1, 0.15) is 0 Å². The van der Waals surface area contributed by atoms with Crippen LogP contribution < -0.4 is 0 Å². The normalized spacial score (nSPS) is 36.9. The maximum atomic E-state index is 13.1. The quantitative estimate of drug-likeness (QED) is 0.534. The van der Waals surface area contributed by atoms with Crippen LogP contribution in [0.3, 0.4) is 0 Å². The molecule has 0 radical (unpaired) electrons. The molecule has 160 valence electrons. The predicted octanol–water partition coefficient (Wildman–Crippen LogP) is 6.97. The molecule has 0 spiro atoms. The Morgan fingerprint density at radius 3 is 2.65 bits per heavy atom. The van der Waals surface area contributed by atoms with E-state index in [0.29, 0.717) is 17.1 Å². The van der Waals surface area contributed by atoms with E-state index in [1.165, 1.54) is 55.2 Å². The van der Waals surface area contributed by atoms with E-state index in [4.69, 9.17) is 0 Å². The zero-order valence-electron chi connectivity index (χ0n) is 18.6. The molecule has 31 heavy (non-hydrogen) atoms. The van der Waals surface area contributed by atoms with Crippen molar-refractivity contribution >= 4 is 5.78 Å². The van der Waals surface area contributed by atoms with Crippen molar-refractivity contribution in [1.82, 2.24) is 4.98 Å². The number of ketones is 1. The molecule has 6 rings (SSSR count). The van der Waals surface area contributed by atoms with E-state index in [1.807, 2.05) is 12.3 Å². The Morgan fingerprint density at radius 1 is 0.968 bits per heavy atom. The zero-order valence-corrected chi connectivity index (χ0v) is 18.6. The van der Waals surface area contributed by atoms with Gasteiger partial charge in [0.05, 0.1) is 0 Å². The summed E-state index contributed by atoms with van der Waals surface area (Å²) in [5.74, 6) is 3.63. The summed E-state index contributed by atoms with van der Waals surface area (Å²) in [4.78, 5) is 17.3. The van der Waals surface area contributed by atoms with E-state index in [9.17, 15) is 4.79 Å². The van der Waals surface area contributed by atoms with Gasteiger partial charge in [-0.1, -0.05) is 49.2 Å². The first-order valence-corrected chi connectivity index (χ1v) is 12.4. The van der Waals surface area contributed by atoms with Crippen LogP contribution in [0, 0.1) is 29.1 Å². The summed E-state index contributed by atoms with van der Waals surface area (Å²) >= 11 is 0. The van der Waals surface area contributed by atoms with E-state index in [0.717, 1.165) is 36.2 Å². The van der Waals surface area contributed by atoms with Gasteiger partial charge < -0.3 is 0 Å². The number of pyridine rings is 1. The lowest BCUT2D eigenvalue weighted by Crippen LogP contribution is -2.45. The van der Waals surface area contributed by atoms with Gasteiger partial charge in [-0.15, -0.1) is 0 Å². The van der Waals surface area contributed by atoms with Gasteiger partial charge in [0, 0.05) is 18.3 Å². The summed E-state index contributed by atoms with van der Waals surface area (Å²) in [5.41, 5.74) is 5.58. The van der Waals surface area contributed by atoms with E-state index in [2.05, 4.69) is 48.3 Å². The molecule has 0 saturated heterocycles. The number of fused-ring (bicyclic) bond motifs is 5. The molecule has 6 atom stereocenters. The molecule has 0 amide bonds. The summed E-state index contributed by atoms with van der Waals surface area (Å²) in [5, 5.41) is 0. The molecule has 1 heterocycles. The monoisotopic (exact) mass is 411 g/mol. The molecule has 4 aliphatic carbocycles. The molecule has 1 unspecified atom stereocenters. The smallest absolute Gasteiger partial charge is 0.163 e. The first kappa shape index (κ1) is 19.5. The molecule has 4 aliphatic rings. The zero-order chi connectivity index (χ0) is 21.0. The van der Waals surface area contributed by atoms with E-state index in [-0.39, 0.29) is 5.92 Å². The molecule has 3 saturated carbocycles. The fourth-order valence-electron chi connectivity index (χ4n) is 7.92. The Balaban J connectivity index is 1.26. The Morgan fingerprint density at radius 2 is 1.84 bits per heavy atom. The largest absolute Gasteiger partial charge is 0.294 e. The third kappa shape index (κ3) is 3.22. The van der Waals surface area contributed by atoms with Crippen molar-refractivity contribution in [1.29, 1.82) is 0 Å². The van der Waals surface area contributed by atoms with Crippen LogP contribution in [0.2, 0.25) is 0 Å². The average Bonchev–Trinajstić information content (AvgIpc) is 3.21. The Hall–Kier alpha value is -2.22. The highest BCUT2D eigenvalue weighted by molar-refractivity contribution is 5.97. The highest BCUT2D eigenvalue weighted by atomic mass is 16.1. The van der Waals surface area contributed by atoms with Gasteiger partial charge in [0.25, 0.3) is 0 Å². The van der Waals surface area contributed by atoms with Crippen LogP contribution in [0.15, 0.2) is 60.4 Å². The van der Waals surface area contributed by atoms with Crippen LogP contribution in [0.4, 0.5) is 0 Å². The molecule has 1 aromatic carbocycles. The van der Waals surface area contributed by atoms with E-state index >= 15 is 0 Å². The summed E-state index contributed by atoms with van der Waals surface area (Å²) in [7, 11) is 0. The SMILES string of the molecule is C[C@@]12CCC[C@H]1[C@@H]1CCC3=CC(=O)C(c4ccc(-c5cccnc5)cc4)C[C@@H]3[C@H]1CC2. The molecule has 2 nitrogen and oxygen atoms in total. The fourth-order valence-corrected chi connectivity index (χ4v) is 7.92. The second-order valence-corrected chi connectivity index (χ2v) is 10.9. The second kappa shape index (κ2) is 7.43. The van der Waals surface area contributed by atoms with Crippen LogP contribution in [0.1, 0.15) is 69.8 Å². The van der Waals surface area contributed by atoms with Gasteiger partial charge in [-0.3, -0.25) is 9.78 Å². The van der Waals surface area contributed by atoms with Gasteiger partial charge in [-0.25, -0.2) is 0 Å². The highest BCUT2D eigenvalue weighted by Crippen LogP contribution is 2.62. The number of hydrogen-bond donors (Lipinski definition) is 0. The topological polar surface area (TPSA) is 30.0 Å². The molecular weight excluding hydrogens is 378 g/mol. The lowest BCUT2D eigenvalue weighted by molar-refractivity contribution is -0.117. The minimum Gasteiger partial charge on any atom is -0.294 e. The number of allylic oxidation sites excluding steroid dienone is 1. The van der Waals surface area contributed by atoms with Crippen molar-refractivity contribution < 1.29 is 4.79 Å². The third-order valence-electron chi connectivity index (χ3n) is 9.50. The summed E-state index contributed by atoms with van der Waals surface area (Å²) in [6.45, 7) is 2.57. The van der Waals surface area contributed by atoms with Gasteiger partial charge in [0.2, 0.25) is 0 Å². The molecule has 3 fully saturated rings. The minimum atomic E-state index is 0.0346. The van der Waals surface area contributed by atoms with E-state index in [1.54, 1.807) is 6.20 Å². The predicted molar refractivity (Wildman–Crippen MR) is 125 cm³/mol. The van der Waals surface area contributed by atoms with Crippen LogP contribution in [-0.2, 0) is 4.79 Å². The molecule has 1 aromatic heterocycles. The van der Waals surface area contributed by atoms with Crippen molar-refractivity contribution in [2.24, 2.45) is 29.1 Å². The van der Waals surface area contributed by atoms with E-state index < -0.39 is 0 Å². The standard InChI is InChI=1S/C29H33NO/c1-29-13-2-5-27(29)24-11-10-21-16-28(31)26(17-25(21)23(24)12-14-29)20-8-6-19(7-9-20)22-4-3-15-30-18-22/h3-4,6-9,15-16,18,23-27H,2,5,10-14,17H2,1H3/t23-,24+,25-,26?,27-,29-/m0/s1. The van der Waals surface area contributed by atoms with Crippen molar-refractivity contribution in [3.05, 3.63) is 66.0 Å². The molecule has 0 N–H and O–H groups in total. The lowest BCUT2D eigenvalue weighted by atomic mass is 9.52. The number of carbonyl (C=O) groups is 1. The van der Waals surface area contributed by atoms with Gasteiger partial charge in [-0.2, -0.15) is 0 Å². The minimum absolute atomic E-state index is 0.0346. The third-order valence-corrected chi connectivity index (χ3v) is 9.50. The molecular formula is C29H33NO. The molecule has 0 aliphatic heterocycles. The summed E-state index contributed by atoms with van der Waals surface area (Å²) in [6, 6.07) is 12.7. The van der Waals surface area contributed by atoms with Crippen LogP contribution >= 0.6 is 0 Å². The summed E-state index contributed by atoms with van der Waals surface area (Å²) in [6.07, 6.45) is 16.4. The van der Waals surface area contributed by atoms with Crippen LogP contribution in [-0.4, -0.2) is 10.8 Å². The number of carbonyl (C=O) groups excluding carboxylic acids is 1. The van der Waals surface area contributed by atoms with Crippen LogP contribution in [0.25, 0.3) is 11.1 Å². The van der Waals surface area contributed by atoms with Crippen molar-refractivity contribution in [3.8, 4) is 11.1 Å². The van der Waals surface area contributed by atoms with Gasteiger partial charge in [0.15, 0.2) is 5.78 Å². The summed E-state index contributed by atoms with van der Waals surface area (Å²) < 4.78 is 0. The van der Waals surface area contributed by atoms with Crippen LogP contribution in [0.5, 0.6) is 0 Å². The molecule has 0 bridgehead atoms. The average molecular weight is 412 g/mol. The Kier molecular flexibility index (Phi) is 4.67. The van der Waals surface area contributed by atoms with Gasteiger partial charge in [-0.05, 0) is 103 Å². The first-order valence-electron chi connectivity index (χ1n) is 12.4. The van der Waals surface area contributed by atoms with Gasteiger partial charge >= 0.3 is 0 Å². The number of aromatic nitrogens is 1. The Bertz CT molecular complexity index is 1010. The molecule has 2 heteroatoms. The second-order valence-electron chi connectivity index (χ2n) is 10.9. The number of rotatable bonds is 2. The highest BCUT2D eigenvalue weighted by Gasteiger charge is 2.53. The number of nitrogens with zero attached hydrogens (tertiary/aromatic N) is 1. The van der Waals surface area contributed by atoms with Crippen molar-refractivity contribution in [3.63, 3.8) is 0 Å². The fraction of sp³-hybridized carbons (Fsp3) is 0.517. The van der Waals surface area contributed by atoms with Crippen molar-refractivity contribution in [2.75, 3.05) is 0 Å². The molecule has 2 aromatic rings. The number of hydrogen-bond acceptors (Lipinski definition) is 2. The maximum Gasteiger partial charge on any atom is 0.163 e. The number of benzene rings is 1. The first-order chi connectivity index (χ1) is 15.1.